The Bertz CT molecular complexity index is 531. The molecule has 0 radical (unpaired) electrons. The van der Waals surface area contributed by atoms with Crippen LogP contribution in [0.25, 0.3) is 6.08 Å². The molecule has 0 aliphatic heterocycles. The van der Waals surface area contributed by atoms with Gasteiger partial charge in [-0.25, -0.2) is 9.18 Å². The van der Waals surface area contributed by atoms with Gasteiger partial charge in [-0.3, -0.25) is 4.79 Å². The first-order chi connectivity index (χ1) is 9.43. The van der Waals surface area contributed by atoms with Crippen molar-refractivity contribution in [3.63, 3.8) is 0 Å². The van der Waals surface area contributed by atoms with Gasteiger partial charge in [0.2, 0.25) is 5.91 Å². The first-order valence-corrected chi connectivity index (χ1v) is 6.89. The number of aliphatic carboxylic acids is 1. The van der Waals surface area contributed by atoms with Gasteiger partial charge in [0.25, 0.3) is 0 Å². The molecule has 1 amide bonds. The molecule has 1 aromatic carbocycles. The van der Waals surface area contributed by atoms with Gasteiger partial charge in [-0.05, 0) is 30.7 Å². The zero-order valence-electron chi connectivity index (χ0n) is 10.9. The van der Waals surface area contributed by atoms with Crippen molar-refractivity contribution < 1.29 is 19.1 Å². The Morgan fingerprint density at radius 3 is 2.80 bits per heavy atom. The summed E-state index contributed by atoms with van der Waals surface area (Å²) in [4.78, 5) is 22.5. The highest BCUT2D eigenvalue weighted by atomic mass is 79.9. The Morgan fingerprint density at radius 1 is 1.50 bits per heavy atom. The molecule has 0 saturated carbocycles. The lowest BCUT2D eigenvalue weighted by molar-refractivity contribution is -0.141. The number of carboxylic acids is 1. The fourth-order valence-electron chi connectivity index (χ4n) is 1.57. The van der Waals surface area contributed by atoms with Crippen molar-refractivity contribution in [3.05, 3.63) is 40.1 Å². The molecule has 0 spiro atoms. The Morgan fingerprint density at radius 2 is 2.20 bits per heavy atom. The maximum atomic E-state index is 13.4. The lowest BCUT2D eigenvalue weighted by Crippen LogP contribution is -2.39. The van der Waals surface area contributed by atoms with Crippen molar-refractivity contribution in [2.45, 2.75) is 25.8 Å². The zero-order chi connectivity index (χ0) is 15.1. The lowest BCUT2D eigenvalue weighted by atomic mass is 10.1. The Hall–Kier alpha value is -1.69. The fraction of sp³-hybridized carbons (Fsp3) is 0.286. The van der Waals surface area contributed by atoms with Crippen LogP contribution in [0, 0.1) is 5.82 Å². The average Bonchev–Trinajstić information content (AvgIpc) is 2.39. The smallest absolute Gasteiger partial charge is 0.326 e. The first-order valence-electron chi connectivity index (χ1n) is 6.10. The predicted molar refractivity (Wildman–Crippen MR) is 77.6 cm³/mol. The number of amides is 1. The molecular weight excluding hydrogens is 329 g/mol. The SMILES string of the molecule is CCC[C@@H](NC(=O)/C=C/c1cc(Br)ccc1F)C(=O)O. The highest BCUT2D eigenvalue weighted by molar-refractivity contribution is 9.10. The van der Waals surface area contributed by atoms with Crippen molar-refractivity contribution in [2.75, 3.05) is 0 Å². The van der Waals surface area contributed by atoms with Crippen LogP contribution in [-0.4, -0.2) is 23.0 Å². The summed E-state index contributed by atoms with van der Waals surface area (Å²) in [6.45, 7) is 1.83. The van der Waals surface area contributed by atoms with E-state index in [1.807, 2.05) is 6.92 Å². The molecule has 6 heteroatoms. The van der Waals surface area contributed by atoms with E-state index in [4.69, 9.17) is 5.11 Å². The van der Waals surface area contributed by atoms with Gasteiger partial charge in [-0.15, -0.1) is 0 Å². The van der Waals surface area contributed by atoms with Gasteiger partial charge in [0.15, 0.2) is 0 Å². The average molecular weight is 344 g/mol. The van der Waals surface area contributed by atoms with Crippen molar-refractivity contribution in [1.82, 2.24) is 5.32 Å². The summed E-state index contributed by atoms with van der Waals surface area (Å²) in [6, 6.07) is 3.43. The quantitative estimate of drug-likeness (QED) is 0.780. The second-order valence-electron chi connectivity index (χ2n) is 4.19. The number of hydrogen-bond donors (Lipinski definition) is 2. The molecule has 20 heavy (non-hydrogen) atoms. The minimum atomic E-state index is -1.08. The van der Waals surface area contributed by atoms with E-state index < -0.39 is 23.7 Å². The van der Waals surface area contributed by atoms with Crippen LogP contribution in [0.3, 0.4) is 0 Å². The highest BCUT2D eigenvalue weighted by Crippen LogP contribution is 2.16. The number of halogens is 2. The molecule has 0 aromatic heterocycles. The number of nitrogens with one attached hydrogen (secondary N) is 1. The summed E-state index contributed by atoms with van der Waals surface area (Å²) < 4.78 is 14.1. The summed E-state index contributed by atoms with van der Waals surface area (Å²) in [7, 11) is 0. The van der Waals surface area contributed by atoms with Crippen LogP contribution in [-0.2, 0) is 9.59 Å². The number of hydrogen-bond acceptors (Lipinski definition) is 2. The normalized spacial score (nSPS) is 12.3. The third-order valence-corrected chi connectivity index (χ3v) is 3.06. The van der Waals surface area contributed by atoms with Crippen LogP contribution in [0.1, 0.15) is 25.3 Å². The van der Waals surface area contributed by atoms with Crippen molar-refractivity contribution >= 4 is 33.9 Å². The standard InChI is InChI=1S/C14H15BrFNO3/c1-2-3-12(14(19)20)17-13(18)7-4-9-8-10(15)5-6-11(9)16/h4-8,12H,2-3H2,1H3,(H,17,18)(H,19,20)/b7-4+/t12-/m1/s1. The largest absolute Gasteiger partial charge is 0.480 e. The molecule has 0 fully saturated rings. The molecule has 1 aromatic rings. The second-order valence-corrected chi connectivity index (χ2v) is 5.10. The van der Waals surface area contributed by atoms with E-state index in [1.165, 1.54) is 18.2 Å². The molecule has 1 atom stereocenters. The topological polar surface area (TPSA) is 66.4 Å². The van der Waals surface area contributed by atoms with Gasteiger partial charge < -0.3 is 10.4 Å². The maximum Gasteiger partial charge on any atom is 0.326 e. The number of carbonyl (C=O) groups excluding carboxylic acids is 1. The van der Waals surface area contributed by atoms with Gasteiger partial charge >= 0.3 is 5.97 Å². The monoisotopic (exact) mass is 343 g/mol. The summed E-state index contributed by atoms with van der Waals surface area (Å²) in [5.74, 6) is -2.10. The number of benzene rings is 1. The molecule has 0 aliphatic carbocycles. The Labute approximate surface area is 124 Å². The van der Waals surface area contributed by atoms with E-state index in [0.717, 1.165) is 6.08 Å². The number of carboxylic acid groups (broad SMARTS) is 1. The maximum absolute atomic E-state index is 13.4. The molecule has 0 aliphatic rings. The van der Waals surface area contributed by atoms with Crippen LogP contribution in [0.15, 0.2) is 28.7 Å². The van der Waals surface area contributed by atoms with Crippen LogP contribution >= 0.6 is 15.9 Å². The summed E-state index contributed by atoms with van der Waals surface area (Å²) in [5, 5.41) is 11.3. The Kier molecular flexibility index (Phi) is 6.38. The Balaban J connectivity index is 2.72. The molecule has 0 heterocycles. The lowest BCUT2D eigenvalue weighted by Gasteiger charge is -2.11. The van der Waals surface area contributed by atoms with Gasteiger partial charge in [0.05, 0.1) is 0 Å². The van der Waals surface area contributed by atoms with E-state index in [2.05, 4.69) is 21.2 Å². The van der Waals surface area contributed by atoms with E-state index in [0.29, 0.717) is 17.3 Å². The predicted octanol–water partition coefficient (Wildman–Crippen LogP) is 2.97. The highest BCUT2D eigenvalue weighted by Gasteiger charge is 2.17. The molecule has 108 valence electrons. The second kappa shape index (κ2) is 7.79. The summed E-state index contributed by atoms with van der Waals surface area (Å²) in [6.07, 6.45) is 3.41. The molecule has 0 unspecified atom stereocenters. The minimum Gasteiger partial charge on any atom is -0.480 e. The molecule has 1 rings (SSSR count). The van der Waals surface area contributed by atoms with Crippen molar-refractivity contribution in [2.24, 2.45) is 0 Å². The van der Waals surface area contributed by atoms with Crippen LogP contribution in [0.2, 0.25) is 0 Å². The van der Waals surface area contributed by atoms with E-state index in [9.17, 15) is 14.0 Å². The van der Waals surface area contributed by atoms with Gasteiger partial charge in [0.1, 0.15) is 11.9 Å². The third kappa shape index (κ3) is 5.13. The van der Waals surface area contributed by atoms with E-state index in [1.54, 1.807) is 6.07 Å². The van der Waals surface area contributed by atoms with Gasteiger partial charge in [-0.2, -0.15) is 0 Å². The molecule has 0 bridgehead atoms. The van der Waals surface area contributed by atoms with Crippen LogP contribution in [0.4, 0.5) is 4.39 Å². The zero-order valence-corrected chi connectivity index (χ0v) is 12.5. The minimum absolute atomic E-state index is 0.247. The van der Waals surface area contributed by atoms with Crippen LogP contribution in [0.5, 0.6) is 0 Å². The molecule has 4 nitrogen and oxygen atoms in total. The fourth-order valence-corrected chi connectivity index (χ4v) is 1.95. The molecule has 0 saturated heterocycles. The van der Waals surface area contributed by atoms with Gasteiger partial charge in [-0.1, -0.05) is 29.3 Å². The molecule has 2 N–H and O–H groups in total. The van der Waals surface area contributed by atoms with Crippen molar-refractivity contribution in [3.8, 4) is 0 Å². The summed E-state index contributed by atoms with van der Waals surface area (Å²) >= 11 is 3.20. The van der Waals surface area contributed by atoms with E-state index >= 15 is 0 Å². The first kappa shape index (κ1) is 16.4. The van der Waals surface area contributed by atoms with Crippen molar-refractivity contribution in [1.29, 1.82) is 0 Å². The number of rotatable bonds is 6. The van der Waals surface area contributed by atoms with E-state index in [-0.39, 0.29) is 5.56 Å². The summed E-state index contributed by atoms with van der Waals surface area (Å²) in [5.41, 5.74) is 0.247. The van der Waals surface area contributed by atoms with Crippen LogP contribution < -0.4 is 5.32 Å². The third-order valence-electron chi connectivity index (χ3n) is 2.56. The van der Waals surface area contributed by atoms with Gasteiger partial charge in [0, 0.05) is 16.1 Å². The molecular formula is C14H15BrFNO3. The number of carbonyl (C=O) groups is 2.